The third-order valence-electron chi connectivity index (χ3n) is 3.97. The first-order chi connectivity index (χ1) is 12.9. The first-order valence-electron chi connectivity index (χ1n) is 8.33. The summed E-state index contributed by atoms with van der Waals surface area (Å²) in [4.78, 5) is 35.5. The van der Waals surface area contributed by atoms with Gasteiger partial charge in [0.1, 0.15) is 6.04 Å². The Morgan fingerprint density at radius 3 is 2.41 bits per heavy atom. The first-order valence-corrected chi connectivity index (χ1v) is 8.33. The number of ether oxygens (including phenoxy) is 1. The minimum atomic E-state index is -1.16. The summed E-state index contributed by atoms with van der Waals surface area (Å²) >= 11 is 0. The maximum atomic E-state index is 13.7. The minimum Gasteiger partial charge on any atom is -0.494 e. The zero-order chi connectivity index (χ0) is 19.8. The highest BCUT2D eigenvalue weighted by atomic mass is 19.1. The zero-order valence-corrected chi connectivity index (χ0v) is 14.8. The lowest BCUT2D eigenvalue weighted by Crippen LogP contribution is -2.42. The fourth-order valence-electron chi connectivity index (χ4n) is 2.53. The Morgan fingerprint density at radius 2 is 1.81 bits per heavy atom. The molecule has 2 N–H and O–H groups in total. The molecule has 2 aromatic rings. The van der Waals surface area contributed by atoms with Gasteiger partial charge in [-0.15, -0.1) is 0 Å². The molecular formula is C20H20FNO5. The second-order valence-corrected chi connectivity index (χ2v) is 5.92. The summed E-state index contributed by atoms with van der Waals surface area (Å²) in [5.74, 6) is -2.77. The number of carboxylic acids is 1. The van der Waals surface area contributed by atoms with E-state index >= 15 is 0 Å². The molecule has 1 atom stereocenters. The molecule has 1 amide bonds. The second kappa shape index (κ2) is 9.47. The summed E-state index contributed by atoms with van der Waals surface area (Å²) in [5.41, 5.74) is 0.898. The quantitative estimate of drug-likeness (QED) is 0.659. The smallest absolute Gasteiger partial charge is 0.326 e. The monoisotopic (exact) mass is 373 g/mol. The molecule has 27 heavy (non-hydrogen) atoms. The maximum Gasteiger partial charge on any atom is 0.326 e. The number of nitrogens with one attached hydrogen (secondary N) is 1. The fourth-order valence-corrected chi connectivity index (χ4v) is 2.53. The van der Waals surface area contributed by atoms with Gasteiger partial charge in [-0.25, -0.2) is 9.18 Å². The number of hydrogen-bond donors (Lipinski definition) is 2. The van der Waals surface area contributed by atoms with Crippen LogP contribution in [0.15, 0.2) is 48.5 Å². The van der Waals surface area contributed by atoms with E-state index in [1.54, 1.807) is 24.3 Å². The number of hydrogen-bond acceptors (Lipinski definition) is 4. The number of ketones is 1. The topological polar surface area (TPSA) is 92.7 Å². The van der Waals surface area contributed by atoms with Gasteiger partial charge in [-0.05, 0) is 23.8 Å². The SMILES string of the molecule is COc1ccc(C(=O)CCC(=O)NC(Cc2ccccc2)C(=O)O)cc1F. The third-order valence-corrected chi connectivity index (χ3v) is 3.97. The van der Waals surface area contributed by atoms with Crippen molar-refractivity contribution < 1.29 is 28.6 Å². The first kappa shape index (κ1) is 20.1. The Bertz CT molecular complexity index is 822. The van der Waals surface area contributed by atoms with Gasteiger partial charge in [-0.2, -0.15) is 0 Å². The van der Waals surface area contributed by atoms with Crippen molar-refractivity contribution in [2.45, 2.75) is 25.3 Å². The van der Waals surface area contributed by atoms with E-state index in [0.29, 0.717) is 0 Å². The van der Waals surface area contributed by atoms with Crippen LogP contribution in [-0.2, 0) is 16.0 Å². The molecule has 0 fully saturated rings. The molecule has 0 saturated carbocycles. The highest BCUT2D eigenvalue weighted by Gasteiger charge is 2.21. The van der Waals surface area contributed by atoms with E-state index in [4.69, 9.17) is 4.74 Å². The van der Waals surface area contributed by atoms with E-state index < -0.39 is 29.5 Å². The van der Waals surface area contributed by atoms with Gasteiger partial charge in [0.25, 0.3) is 0 Å². The van der Waals surface area contributed by atoms with Crippen LogP contribution in [0, 0.1) is 5.82 Å². The van der Waals surface area contributed by atoms with E-state index in [-0.39, 0.29) is 30.6 Å². The minimum absolute atomic E-state index is 0.0227. The Labute approximate surface area is 156 Å². The van der Waals surface area contributed by atoms with Crippen molar-refractivity contribution in [1.29, 1.82) is 0 Å². The number of aliphatic carboxylic acids is 1. The largest absolute Gasteiger partial charge is 0.494 e. The number of methoxy groups -OCH3 is 1. The van der Waals surface area contributed by atoms with E-state index in [2.05, 4.69) is 5.32 Å². The van der Waals surface area contributed by atoms with Crippen LogP contribution in [0.1, 0.15) is 28.8 Å². The summed E-state index contributed by atoms with van der Waals surface area (Å²) in [6.07, 6.45) is -0.208. The summed E-state index contributed by atoms with van der Waals surface area (Å²) in [6.45, 7) is 0. The molecule has 2 aromatic carbocycles. The molecule has 0 aliphatic heterocycles. The highest BCUT2D eigenvalue weighted by molar-refractivity contribution is 5.98. The Kier molecular flexibility index (Phi) is 7.05. The molecular weight excluding hydrogens is 353 g/mol. The van der Waals surface area contributed by atoms with E-state index in [1.165, 1.54) is 19.2 Å². The van der Waals surface area contributed by atoms with Crippen molar-refractivity contribution in [1.82, 2.24) is 5.32 Å². The van der Waals surface area contributed by atoms with Crippen molar-refractivity contribution in [3.63, 3.8) is 0 Å². The Balaban J connectivity index is 1.90. The number of halogens is 1. The van der Waals surface area contributed by atoms with Gasteiger partial charge in [0, 0.05) is 24.8 Å². The predicted octanol–water partition coefficient (Wildman–Crippen LogP) is 2.61. The molecule has 0 radical (unpaired) electrons. The Hall–Kier alpha value is -3.22. The predicted molar refractivity (Wildman–Crippen MR) is 96.2 cm³/mol. The molecule has 6 nitrogen and oxygen atoms in total. The summed E-state index contributed by atoms with van der Waals surface area (Å²) in [7, 11) is 1.32. The Morgan fingerprint density at radius 1 is 1.11 bits per heavy atom. The van der Waals surface area contributed by atoms with Gasteiger partial charge in [-0.3, -0.25) is 9.59 Å². The van der Waals surface area contributed by atoms with Gasteiger partial charge >= 0.3 is 5.97 Å². The number of Topliss-reactive ketones (excluding diaryl/α,β-unsaturated/α-hetero) is 1. The second-order valence-electron chi connectivity index (χ2n) is 5.92. The molecule has 0 bridgehead atoms. The zero-order valence-electron chi connectivity index (χ0n) is 14.8. The third kappa shape index (κ3) is 5.91. The van der Waals surface area contributed by atoms with Gasteiger partial charge in [0.15, 0.2) is 17.3 Å². The van der Waals surface area contributed by atoms with Crippen LogP contribution in [0.25, 0.3) is 0 Å². The summed E-state index contributed by atoms with van der Waals surface area (Å²) < 4.78 is 18.4. The van der Waals surface area contributed by atoms with Crippen molar-refractivity contribution in [3.8, 4) is 5.75 Å². The average molecular weight is 373 g/mol. The van der Waals surface area contributed by atoms with Crippen molar-refractivity contribution in [2.24, 2.45) is 0 Å². The van der Waals surface area contributed by atoms with Gasteiger partial charge in [0.05, 0.1) is 7.11 Å². The van der Waals surface area contributed by atoms with Gasteiger partial charge in [-0.1, -0.05) is 30.3 Å². The number of benzene rings is 2. The van der Waals surface area contributed by atoms with Gasteiger partial charge < -0.3 is 15.2 Å². The molecule has 0 heterocycles. The fraction of sp³-hybridized carbons (Fsp3) is 0.250. The summed E-state index contributed by atoms with van der Waals surface area (Å²) in [6, 6.07) is 11.6. The van der Waals surface area contributed by atoms with E-state index in [1.807, 2.05) is 6.07 Å². The van der Waals surface area contributed by atoms with Crippen LogP contribution in [0.5, 0.6) is 5.75 Å². The summed E-state index contributed by atoms with van der Waals surface area (Å²) in [5, 5.41) is 11.7. The van der Waals surface area contributed by atoms with E-state index in [9.17, 15) is 23.9 Å². The van der Waals surface area contributed by atoms with E-state index in [0.717, 1.165) is 11.6 Å². The number of carbonyl (C=O) groups excluding carboxylic acids is 2. The molecule has 7 heteroatoms. The standard InChI is InChI=1S/C20H20FNO5/c1-27-18-9-7-14(12-15(18)21)17(23)8-10-19(24)22-16(20(25)26)11-13-5-3-2-4-6-13/h2-7,9,12,16H,8,10-11H2,1H3,(H,22,24)(H,25,26). The van der Waals surface area contributed by atoms with Crippen LogP contribution in [0.3, 0.4) is 0 Å². The van der Waals surface area contributed by atoms with Crippen molar-refractivity contribution >= 4 is 17.7 Å². The van der Waals surface area contributed by atoms with Crippen LogP contribution in [-0.4, -0.2) is 35.9 Å². The number of amides is 1. The van der Waals surface area contributed by atoms with Crippen LogP contribution >= 0.6 is 0 Å². The molecule has 2 rings (SSSR count). The normalized spacial score (nSPS) is 11.5. The highest BCUT2D eigenvalue weighted by Crippen LogP contribution is 2.19. The average Bonchev–Trinajstić information content (AvgIpc) is 2.66. The van der Waals surface area contributed by atoms with Gasteiger partial charge in [0.2, 0.25) is 5.91 Å². The number of rotatable bonds is 9. The molecule has 142 valence electrons. The molecule has 0 aliphatic carbocycles. The van der Waals surface area contributed by atoms with Crippen LogP contribution < -0.4 is 10.1 Å². The van der Waals surface area contributed by atoms with Crippen LogP contribution in [0.2, 0.25) is 0 Å². The van der Waals surface area contributed by atoms with Crippen molar-refractivity contribution in [3.05, 3.63) is 65.5 Å². The van der Waals surface area contributed by atoms with Crippen LogP contribution in [0.4, 0.5) is 4.39 Å². The molecule has 0 spiro atoms. The molecule has 1 unspecified atom stereocenters. The lowest BCUT2D eigenvalue weighted by atomic mass is 10.0. The number of carboxylic acid groups (broad SMARTS) is 1. The molecule has 0 aromatic heterocycles. The molecule has 0 saturated heterocycles. The lowest BCUT2D eigenvalue weighted by molar-refractivity contribution is -0.141. The maximum absolute atomic E-state index is 13.7. The number of carbonyl (C=O) groups is 3. The van der Waals surface area contributed by atoms with Crippen molar-refractivity contribution in [2.75, 3.05) is 7.11 Å². The molecule has 0 aliphatic rings. The lowest BCUT2D eigenvalue weighted by Gasteiger charge is -2.14.